The molecule has 0 aliphatic carbocycles. The zero-order valence-electron chi connectivity index (χ0n) is 21.3. The van der Waals surface area contributed by atoms with Crippen molar-refractivity contribution in [2.24, 2.45) is 0 Å². The summed E-state index contributed by atoms with van der Waals surface area (Å²) in [5.74, 6) is -1.67. The van der Waals surface area contributed by atoms with Gasteiger partial charge >= 0.3 is 0 Å². The lowest BCUT2D eigenvalue weighted by molar-refractivity contribution is -0.189. The molecular formula is C26H28Cl2F2N4O5S. The van der Waals surface area contributed by atoms with Crippen LogP contribution < -0.4 is 9.64 Å². The van der Waals surface area contributed by atoms with Gasteiger partial charge in [0.1, 0.15) is 24.2 Å². The molecule has 0 saturated carbocycles. The third-order valence-corrected chi connectivity index (χ3v) is 9.13. The molecule has 0 amide bonds. The predicted octanol–water partition coefficient (Wildman–Crippen LogP) is 4.25. The van der Waals surface area contributed by atoms with Crippen LogP contribution >= 0.6 is 23.2 Å². The molecule has 2 unspecified atom stereocenters. The van der Waals surface area contributed by atoms with Crippen molar-refractivity contribution in [2.75, 3.05) is 50.0 Å². The van der Waals surface area contributed by atoms with E-state index in [1.54, 1.807) is 30.7 Å². The summed E-state index contributed by atoms with van der Waals surface area (Å²) in [4.78, 5) is 6.11. The second-order valence-corrected chi connectivity index (χ2v) is 12.4. The number of piperazine rings is 1. The van der Waals surface area contributed by atoms with Crippen molar-refractivity contribution in [1.82, 2.24) is 13.9 Å². The Morgan fingerprint density at radius 3 is 2.50 bits per heavy atom. The molecule has 2 fully saturated rings. The number of aromatic nitrogens is 2. The largest absolute Gasteiger partial charge is 0.491 e. The number of nitrogens with zero attached hydrogens (tertiary/aromatic N) is 4. The summed E-state index contributed by atoms with van der Waals surface area (Å²) in [6.07, 6.45) is 1.89. The average molecular weight is 618 g/mol. The van der Waals surface area contributed by atoms with Gasteiger partial charge in [0, 0.05) is 54.8 Å². The van der Waals surface area contributed by atoms with Gasteiger partial charge in [-0.15, -0.1) is 0 Å². The molecule has 1 aromatic heterocycles. The molecule has 0 bridgehead atoms. The van der Waals surface area contributed by atoms with Gasteiger partial charge in [-0.1, -0.05) is 29.3 Å². The molecule has 0 radical (unpaired) electrons. The van der Waals surface area contributed by atoms with Crippen LogP contribution in [0, 0.1) is 0 Å². The van der Waals surface area contributed by atoms with Crippen LogP contribution in [0.25, 0.3) is 0 Å². The van der Waals surface area contributed by atoms with E-state index in [2.05, 4.69) is 4.98 Å². The van der Waals surface area contributed by atoms with Crippen molar-refractivity contribution in [3.63, 3.8) is 0 Å². The minimum Gasteiger partial charge on any atom is -0.491 e. The third kappa shape index (κ3) is 6.69. The number of rotatable bonds is 10. The van der Waals surface area contributed by atoms with E-state index in [-0.39, 0.29) is 32.4 Å². The fraction of sp³-hybridized carbons (Fsp3) is 0.423. The number of sulfonamides is 1. The highest BCUT2D eigenvalue weighted by molar-refractivity contribution is 7.89. The van der Waals surface area contributed by atoms with Gasteiger partial charge in [0.2, 0.25) is 15.8 Å². The molecule has 0 spiro atoms. The molecule has 2 aliphatic rings. The third-order valence-electron chi connectivity index (χ3n) is 6.76. The van der Waals surface area contributed by atoms with Gasteiger partial charge in [0.05, 0.1) is 24.5 Å². The summed E-state index contributed by atoms with van der Waals surface area (Å²) < 4.78 is 70.9. The van der Waals surface area contributed by atoms with Gasteiger partial charge in [0.15, 0.2) is 0 Å². The van der Waals surface area contributed by atoms with E-state index in [1.165, 1.54) is 0 Å². The van der Waals surface area contributed by atoms with E-state index in [4.69, 9.17) is 37.4 Å². The van der Waals surface area contributed by atoms with E-state index >= 15 is 0 Å². The van der Waals surface area contributed by atoms with Crippen molar-refractivity contribution in [3.8, 4) is 5.75 Å². The highest BCUT2D eigenvalue weighted by atomic mass is 35.5. The van der Waals surface area contributed by atoms with Crippen LogP contribution in [0.2, 0.25) is 10.0 Å². The zero-order valence-corrected chi connectivity index (χ0v) is 23.7. The van der Waals surface area contributed by atoms with E-state index in [0.29, 0.717) is 41.0 Å². The van der Waals surface area contributed by atoms with Gasteiger partial charge in [-0.3, -0.25) is 0 Å². The number of imidazole rings is 1. The van der Waals surface area contributed by atoms with Crippen LogP contribution in [0.15, 0.2) is 61.2 Å². The summed E-state index contributed by atoms with van der Waals surface area (Å²) in [5.41, 5.74) is 1.54. The Bertz CT molecular complexity index is 1390. The molecule has 3 heterocycles. The van der Waals surface area contributed by atoms with Crippen LogP contribution in [-0.2, 0) is 31.8 Å². The van der Waals surface area contributed by atoms with Gasteiger partial charge in [0.25, 0.3) is 6.43 Å². The lowest BCUT2D eigenvalue weighted by atomic mass is 10.1. The lowest BCUT2D eigenvalue weighted by Crippen LogP contribution is -2.49. The topological polar surface area (TPSA) is 86.1 Å². The number of halogens is 4. The van der Waals surface area contributed by atoms with Crippen LogP contribution in [-0.4, -0.2) is 79.9 Å². The second kappa shape index (κ2) is 12.2. The van der Waals surface area contributed by atoms with Gasteiger partial charge < -0.3 is 23.7 Å². The van der Waals surface area contributed by atoms with Crippen molar-refractivity contribution in [1.29, 1.82) is 0 Å². The Morgan fingerprint density at radius 2 is 1.85 bits per heavy atom. The summed E-state index contributed by atoms with van der Waals surface area (Å²) in [7, 11) is -3.96. The summed E-state index contributed by atoms with van der Waals surface area (Å²) in [5, 5.41) is 0.934. The molecule has 2 atom stereocenters. The maximum Gasteiger partial charge on any atom is 0.253 e. The van der Waals surface area contributed by atoms with Crippen molar-refractivity contribution in [3.05, 3.63) is 76.8 Å². The highest BCUT2D eigenvalue weighted by Gasteiger charge is 2.45. The van der Waals surface area contributed by atoms with Crippen molar-refractivity contribution >= 4 is 38.9 Å². The van der Waals surface area contributed by atoms with Crippen LogP contribution in [0.4, 0.5) is 14.5 Å². The minimum absolute atomic E-state index is 0.158. The SMILES string of the molecule is O=S(=O)(CC(F)F)N1CCN(c2ccc(OCC3COC(Cn4ccnc4)(c4ccc(Cl)cc4Cl)O3)cc2)CC1. The minimum atomic E-state index is -3.96. The molecule has 3 aromatic rings. The first-order valence-corrected chi connectivity index (χ1v) is 15.0. The molecule has 5 rings (SSSR count). The van der Waals surface area contributed by atoms with Gasteiger partial charge in [-0.2, -0.15) is 4.31 Å². The molecule has 9 nitrogen and oxygen atoms in total. The molecule has 14 heteroatoms. The number of hydrogen-bond acceptors (Lipinski definition) is 7. The van der Waals surface area contributed by atoms with E-state index < -0.39 is 28.0 Å². The smallest absolute Gasteiger partial charge is 0.253 e. The standard InChI is InChI=1S/C26H28Cl2F2N4O5S/c27-19-1-6-23(24(28)13-19)26(17-32-8-7-31-18-32)38-15-22(39-26)14-37-21-4-2-20(3-5-21)33-9-11-34(12-10-33)40(35,36)16-25(29)30/h1-8,13,18,22,25H,9-12,14-17H2. The van der Waals surface area contributed by atoms with E-state index in [1.807, 2.05) is 39.9 Å². The second-order valence-electron chi connectivity index (χ2n) is 9.52. The number of ether oxygens (including phenoxy) is 3. The number of benzene rings is 2. The van der Waals surface area contributed by atoms with Crippen LogP contribution in [0.1, 0.15) is 5.56 Å². The van der Waals surface area contributed by atoms with E-state index in [0.717, 1.165) is 9.99 Å². The molecule has 2 aromatic carbocycles. The highest BCUT2D eigenvalue weighted by Crippen LogP contribution is 2.40. The Hall–Kier alpha value is -2.48. The Balaban J connectivity index is 1.18. The fourth-order valence-corrected chi connectivity index (χ4v) is 6.61. The van der Waals surface area contributed by atoms with Crippen molar-refractivity contribution in [2.45, 2.75) is 24.9 Å². The Morgan fingerprint density at radius 1 is 1.10 bits per heavy atom. The summed E-state index contributed by atoms with van der Waals surface area (Å²) >= 11 is 12.6. The predicted molar refractivity (Wildman–Crippen MR) is 147 cm³/mol. The Kier molecular flexibility index (Phi) is 8.83. The van der Waals surface area contributed by atoms with Crippen molar-refractivity contribution < 1.29 is 31.4 Å². The molecule has 2 aliphatic heterocycles. The maximum atomic E-state index is 12.6. The number of hydrogen-bond donors (Lipinski definition) is 0. The monoisotopic (exact) mass is 616 g/mol. The first-order valence-electron chi connectivity index (χ1n) is 12.6. The fourth-order valence-electron chi connectivity index (χ4n) is 4.81. The zero-order chi connectivity index (χ0) is 28.3. The Labute approximate surface area is 241 Å². The molecule has 216 valence electrons. The maximum absolute atomic E-state index is 12.6. The van der Waals surface area contributed by atoms with Gasteiger partial charge in [-0.25, -0.2) is 22.2 Å². The quantitative estimate of drug-likeness (QED) is 0.336. The molecular weight excluding hydrogens is 589 g/mol. The number of alkyl halides is 2. The normalized spacial score (nSPS) is 22.2. The summed E-state index contributed by atoms with van der Waals surface area (Å²) in [6.45, 7) is 1.97. The number of anilines is 1. The first-order chi connectivity index (χ1) is 19.1. The lowest BCUT2D eigenvalue weighted by Gasteiger charge is -2.35. The summed E-state index contributed by atoms with van der Waals surface area (Å²) in [6, 6.07) is 12.6. The van der Waals surface area contributed by atoms with Crippen LogP contribution in [0.3, 0.4) is 0 Å². The average Bonchev–Trinajstić information content (AvgIpc) is 3.58. The first kappa shape index (κ1) is 29.0. The molecule has 2 saturated heterocycles. The molecule has 0 N–H and O–H groups in total. The van der Waals surface area contributed by atoms with Gasteiger partial charge in [-0.05, 0) is 36.4 Å². The van der Waals surface area contributed by atoms with E-state index in [9.17, 15) is 17.2 Å². The van der Waals surface area contributed by atoms with Crippen LogP contribution in [0.5, 0.6) is 5.75 Å². The molecule has 40 heavy (non-hydrogen) atoms.